The summed E-state index contributed by atoms with van der Waals surface area (Å²) in [4.78, 5) is 0. The van der Waals surface area contributed by atoms with E-state index in [1.54, 1.807) is 6.92 Å². The first-order valence-corrected chi connectivity index (χ1v) is 4.57. The molecule has 0 aliphatic heterocycles. The molecule has 1 rings (SSSR count). The summed E-state index contributed by atoms with van der Waals surface area (Å²) in [6.07, 6.45) is 0.279. The number of hydrogen-bond donors (Lipinski definition) is 1. The fourth-order valence-corrected chi connectivity index (χ4v) is 1.39. The molecule has 0 unspecified atom stereocenters. The molecule has 0 aromatic heterocycles. The van der Waals surface area contributed by atoms with Crippen molar-refractivity contribution >= 4 is 0 Å². The molecule has 0 spiro atoms. The lowest BCUT2D eigenvalue weighted by molar-refractivity contribution is 0.0742. The molecule has 78 valence electrons. The molecule has 0 aliphatic carbocycles. The number of hydrogen-bond acceptors (Lipinski definition) is 1. The van der Waals surface area contributed by atoms with Gasteiger partial charge in [-0.3, -0.25) is 0 Å². The van der Waals surface area contributed by atoms with Gasteiger partial charge < -0.3 is 5.11 Å². The van der Waals surface area contributed by atoms with Crippen LogP contribution in [0.15, 0.2) is 12.1 Å². The minimum atomic E-state index is -1.28. The summed E-state index contributed by atoms with van der Waals surface area (Å²) in [6.45, 7) is 4.63. The van der Waals surface area contributed by atoms with Crippen LogP contribution in [0.4, 0.5) is 8.78 Å². The SMILES string of the molecule is CCc1c(F)ccc(C(C)(C)O)c1F. The molecule has 1 nitrogen and oxygen atoms in total. The lowest BCUT2D eigenvalue weighted by Crippen LogP contribution is -2.19. The van der Waals surface area contributed by atoms with Crippen molar-refractivity contribution in [1.29, 1.82) is 0 Å². The Labute approximate surface area is 82.4 Å². The van der Waals surface area contributed by atoms with Gasteiger partial charge in [-0.2, -0.15) is 0 Å². The number of halogens is 2. The highest BCUT2D eigenvalue weighted by Crippen LogP contribution is 2.26. The van der Waals surface area contributed by atoms with Crippen molar-refractivity contribution < 1.29 is 13.9 Å². The first-order chi connectivity index (χ1) is 6.38. The van der Waals surface area contributed by atoms with E-state index in [9.17, 15) is 13.9 Å². The highest BCUT2D eigenvalue weighted by atomic mass is 19.1. The number of benzene rings is 1. The highest BCUT2D eigenvalue weighted by Gasteiger charge is 2.23. The van der Waals surface area contributed by atoms with E-state index >= 15 is 0 Å². The minimum absolute atomic E-state index is 0.0321. The van der Waals surface area contributed by atoms with Gasteiger partial charge >= 0.3 is 0 Å². The van der Waals surface area contributed by atoms with Gasteiger partial charge in [-0.1, -0.05) is 13.0 Å². The van der Waals surface area contributed by atoms with Gasteiger partial charge in [0.15, 0.2) is 0 Å². The second-order valence-corrected chi connectivity index (χ2v) is 3.80. The molecular formula is C11H14F2O. The lowest BCUT2D eigenvalue weighted by Gasteiger charge is -2.20. The fraction of sp³-hybridized carbons (Fsp3) is 0.455. The maximum atomic E-state index is 13.6. The molecule has 0 heterocycles. The molecule has 0 fully saturated rings. The molecule has 0 saturated heterocycles. The molecule has 0 aliphatic rings. The van der Waals surface area contributed by atoms with E-state index in [-0.39, 0.29) is 17.5 Å². The zero-order chi connectivity index (χ0) is 10.9. The normalized spacial score (nSPS) is 11.9. The Bertz CT molecular complexity index is 340. The summed E-state index contributed by atoms with van der Waals surface area (Å²) < 4.78 is 26.7. The van der Waals surface area contributed by atoms with Crippen molar-refractivity contribution in [1.82, 2.24) is 0 Å². The Hall–Kier alpha value is -0.960. The van der Waals surface area contributed by atoms with Crippen LogP contribution >= 0.6 is 0 Å². The summed E-state index contributed by atoms with van der Waals surface area (Å²) in [5.41, 5.74) is -1.11. The van der Waals surface area contributed by atoms with Gasteiger partial charge in [-0.05, 0) is 26.3 Å². The molecule has 3 heteroatoms. The van der Waals surface area contributed by atoms with E-state index < -0.39 is 17.2 Å². The Kier molecular flexibility index (Phi) is 2.90. The van der Waals surface area contributed by atoms with E-state index in [2.05, 4.69) is 0 Å². The smallest absolute Gasteiger partial charge is 0.135 e. The Morgan fingerprint density at radius 1 is 1.29 bits per heavy atom. The van der Waals surface area contributed by atoms with Crippen LogP contribution < -0.4 is 0 Å². The summed E-state index contributed by atoms with van der Waals surface area (Å²) >= 11 is 0. The molecule has 0 radical (unpaired) electrons. The average molecular weight is 200 g/mol. The van der Waals surface area contributed by atoms with Crippen molar-refractivity contribution in [3.8, 4) is 0 Å². The molecule has 0 saturated carbocycles. The van der Waals surface area contributed by atoms with Gasteiger partial charge in [-0.15, -0.1) is 0 Å². The predicted octanol–water partition coefficient (Wildman–Crippen LogP) is 2.75. The molecule has 1 N–H and O–H groups in total. The van der Waals surface area contributed by atoms with Crippen LogP contribution in [0, 0.1) is 11.6 Å². The molecule has 0 atom stereocenters. The van der Waals surface area contributed by atoms with Crippen LogP contribution in [-0.4, -0.2) is 5.11 Å². The monoisotopic (exact) mass is 200 g/mol. The quantitative estimate of drug-likeness (QED) is 0.778. The van der Waals surface area contributed by atoms with Crippen molar-refractivity contribution in [2.45, 2.75) is 32.8 Å². The molecular weight excluding hydrogens is 186 g/mol. The van der Waals surface area contributed by atoms with Crippen molar-refractivity contribution in [2.75, 3.05) is 0 Å². The fourth-order valence-electron chi connectivity index (χ4n) is 1.39. The van der Waals surface area contributed by atoms with Crippen LogP contribution in [0.25, 0.3) is 0 Å². The highest BCUT2D eigenvalue weighted by molar-refractivity contribution is 5.30. The van der Waals surface area contributed by atoms with Gasteiger partial charge in [0.25, 0.3) is 0 Å². The first-order valence-electron chi connectivity index (χ1n) is 4.57. The third-order valence-corrected chi connectivity index (χ3v) is 2.20. The van der Waals surface area contributed by atoms with Crippen molar-refractivity contribution in [2.24, 2.45) is 0 Å². The predicted molar refractivity (Wildman–Crippen MR) is 51.0 cm³/mol. The first kappa shape index (κ1) is 11.1. The van der Waals surface area contributed by atoms with E-state index in [1.165, 1.54) is 26.0 Å². The van der Waals surface area contributed by atoms with E-state index in [1.807, 2.05) is 0 Å². The molecule has 1 aromatic rings. The molecule has 0 bridgehead atoms. The van der Waals surface area contributed by atoms with Crippen molar-refractivity contribution in [3.05, 3.63) is 34.9 Å². The largest absolute Gasteiger partial charge is 0.386 e. The number of aliphatic hydroxyl groups is 1. The van der Waals surface area contributed by atoms with E-state index in [0.29, 0.717) is 0 Å². The maximum absolute atomic E-state index is 13.6. The van der Waals surface area contributed by atoms with Gasteiger partial charge in [0.2, 0.25) is 0 Å². The zero-order valence-corrected chi connectivity index (χ0v) is 8.56. The van der Waals surface area contributed by atoms with Gasteiger partial charge in [-0.25, -0.2) is 8.78 Å². The van der Waals surface area contributed by atoms with Crippen LogP contribution in [0.5, 0.6) is 0 Å². The summed E-state index contributed by atoms with van der Waals surface area (Å²) in [5.74, 6) is -1.20. The Morgan fingerprint density at radius 3 is 2.29 bits per heavy atom. The summed E-state index contributed by atoms with van der Waals surface area (Å²) in [5, 5.41) is 9.62. The van der Waals surface area contributed by atoms with Crippen LogP contribution in [0.1, 0.15) is 31.9 Å². The second-order valence-electron chi connectivity index (χ2n) is 3.80. The third kappa shape index (κ3) is 1.93. The number of rotatable bonds is 2. The van der Waals surface area contributed by atoms with Crippen molar-refractivity contribution in [3.63, 3.8) is 0 Å². The second kappa shape index (κ2) is 3.65. The summed E-state index contributed by atoms with van der Waals surface area (Å²) in [7, 11) is 0. The summed E-state index contributed by atoms with van der Waals surface area (Å²) in [6, 6.07) is 2.47. The lowest BCUT2D eigenvalue weighted by atomic mass is 9.94. The molecule has 0 amide bonds. The Morgan fingerprint density at radius 2 is 1.86 bits per heavy atom. The average Bonchev–Trinajstić information content (AvgIpc) is 2.02. The van der Waals surface area contributed by atoms with E-state index in [4.69, 9.17) is 0 Å². The molecule has 14 heavy (non-hydrogen) atoms. The van der Waals surface area contributed by atoms with Gasteiger partial charge in [0.05, 0.1) is 5.60 Å². The maximum Gasteiger partial charge on any atom is 0.135 e. The molecule has 1 aromatic carbocycles. The topological polar surface area (TPSA) is 20.2 Å². The van der Waals surface area contributed by atoms with Crippen LogP contribution in [-0.2, 0) is 12.0 Å². The standard InChI is InChI=1S/C11H14F2O/c1-4-7-9(12)6-5-8(10(7)13)11(2,3)14/h5-6,14H,4H2,1-3H3. The minimum Gasteiger partial charge on any atom is -0.386 e. The van der Waals surface area contributed by atoms with Crippen LogP contribution in [0.2, 0.25) is 0 Å². The van der Waals surface area contributed by atoms with E-state index in [0.717, 1.165) is 0 Å². The Balaban J connectivity index is 3.36. The third-order valence-electron chi connectivity index (χ3n) is 2.20. The zero-order valence-electron chi connectivity index (χ0n) is 8.56. The van der Waals surface area contributed by atoms with Crippen LogP contribution in [0.3, 0.4) is 0 Å². The van der Waals surface area contributed by atoms with Gasteiger partial charge in [0, 0.05) is 11.1 Å². The van der Waals surface area contributed by atoms with Gasteiger partial charge in [0.1, 0.15) is 11.6 Å².